The third-order valence-electron chi connectivity index (χ3n) is 4.33. The number of hydrogen-bond donors (Lipinski definition) is 2. The minimum Gasteiger partial charge on any atom is -0.490 e. The van der Waals surface area contributed by atoms with E-state index < -0.39 is 0 Å². The number of amides is 1. The Morgan fingerprint density at radius 1 is 1.27 bits per heavy atom. The molecule has 0 spiro atoms. The van der Waals surface area contributed by atoms with Gasteiger partial charge in [0.05, 0.1) is 25.7 Å². The lowest BCUT2D eigenvalue weighted by atomic mass is 10.1. The number of rotatable bonds is 4. The highest BCUT2D eigenvalue weighted by atomic mass is 16.5. The van der Waals surface area contributed by atoms with Gasteiger partial charge in [-0.3, -0.25) is 9.59 Å². The number of carbonyl (C=O) groups is 1. The van der Waals surface area contributed by atoms with Crippen molar-refractivity contribution >= 4 is 5.91 Å². The summed E-state index contributed by atoms with van der Waals surface area (Å²) in [6, 6.07) is 5.43. The summed E-state index contributed by atoms with van der Waals surface area (Å²) in [5, 5.41) is 2.92. The van der Waals surface area contributed by atoms with Crippen LogP contribution in [-0.4, -0.2) is 29.1 Å². The number of aromatic amines is 1. The maximum absolute atomic E-state index is 12.4. The van der Waals surface area contributed by atoms with Crippen molar-refractivity contribution in [3.05, 3.63) is 51.2 Å². The van der Waals surface area contributed by atoms with Crippen LogP contribution in [0.2, 0.25) is 0 Å². The molecular weight excluding hydrogens is 334 g/mol. The van der Waals surface area contributed by atoms with Crippen molar-refractivity contribution in [2.75, 3.05) is 13.2 Å². The van der Waals surface area contributed by atoms with Gasteiger partial charge in [0, 0.05) is 17.7 Å². The van der Waals surface area contributed by atoms with Gasteiger partial charge >= 0.3 is 0 Å². The van der Waals surface area contributed by atoms with Crippen molar-refractivity contribution in [2.24, 2.45) is 0 Å². The van der Waals surface area contributed by atoms with Crippen LogP contribution in [0.5, 0.6) is 11.5 Å². The highest BCUT2D eigenvalue weighted by molar-refractivity contribution is 5.79. The fourth-order valence-corrected chi connectivity index (χ4v) is 2.94. The van der Waals surface area contributed by atoms with Gasteiger partial charge in [0.25, 0.3) is 5.56 Å². The van der Waals surface area contributed by atoms with Crippen LogP contribution in [0.1, 0.15) is 42.0 Å². The summed E-state index contributed by atoms with van der Waals surface area (Å²) in [4.78, 5) is 31.3. The zero-order valence-electron chi connectivity index (χ0n) is 15.2. The van der Waals surface area contributed by atoms with Gasteiger partial charge in [-0.1, -0.05) is 6.07 Å². The van der Waals surface area contributed by atoms with Gasteiger partial charge in [-0.2, -0.15) is 0 Å². The van der Waals surface area contributed by atoms with Crippen LogP contribution >= 0.6 is 0 Å². The van der Waals surface area contributed by atoms with E-state index in [4.69, 9.17) is 9.47 Å². The quantitative estimate of drug-likeness (QED) is 0.873. The second kappa shape index (κ2) is 7.59. The summed E-state index contributed by atoms with van der Waals surface area (Å²) in [7, 11) is 0. The number of carbonyl (C=O) groups excluding carboxylic acids is 1. The highest BCUT2D eigenvalue weighted by Gasteiger charge is 2.17. The standard InChI is InChI=1S/C19H23N3O4/c1-11(14-5-6-16-17(9-14)26-8-4-7-25-16)21-18(23)10-15-12(2)20-13(3)22-19(15)24/h5-6,9,11H,4,7-8,10H2,1-3H3,(H,21,23)(H,20,22,24)/t11-/m0/s1. The molecule has 0 unspecified atom stereocenters. The Kier molecular flexibility index (Phi) is 5.25. The molecule has 1 aromatic carbocycles. The van der Waals surface area contributed by atoms with Crippen molar-refractivity contribution in [3.63, 3.8) is 0 Å². The number of hydrogen-bond acceptors (Lipinski definition) is 5. The summed E-state index contributed by atoms with van der Waals surface area (Å²) in [6.45, 7) is 6.58. The van der Waals surface area contributed by atoms with E-state index in [0.717, 1.165) is 17.7 Å². The van der Waals surface area contributed by atoms with Crippen LogP contribution in [0.3, 0.4) is 0 Å². The molecule has 0 fully saturated rings. The molecular formula is C19H23N3O4. The molecule has 7 heteroatoms. The summed E-state index contributed by atoms with van der Waals surface area (Å²) in [5.41, 5.74) is 1.60. The summed E-state index contributed by atoms with van der Waals surface area (Å²) >= 11 is 0. The maximum Gasteiger partial charge on any atom is 0.254 e. The fourth-order valence-electron chi connectivity index (χ4n) is 2.94. The van der Waals surface area contributed by atoms with Gasteiger partial charge in [0.15, 0.2) is 11.5 Å². The molecule has 1 atom stereocenters. The third-order valence-corrected chi connectivity index (χ3v) is 4.33. The average molecular weight is 357 g/mol. The van der Waals surface area contributed by atoms with Gasteiger partial charge in [-0.15, -0.1) is 0 Å². The predicted octanol–water partition coefficient (Wildman–Crippen LogP) is 1.97. The molecule has 1 aliphatic heterocycles. The molecule has 1 aromatic heterocycles. The van der Waals surface area contributed by atoms with E-state index in [2.05, 4.69) is 15.3 Å². The molecule has 2 N–H and O–H groups in total. The average Bonchev–Trinajstić information content (AvgIpc) is 2.82. The molecule has 1 amide bonds. The smallest absolute Gasteiger partial charge is 0.254 e. The predicted molar refractivity (Wildman–Crippen MR) is 96.6 cm³/mol. The molecule has 1 aliphatic rings. The first-order valence-corrected chi connectivity index (χ1v) is 8.69. The maximum atomic E-state index is 12.4. The van der Waals surface area contributed by atoms with Crippen molar-refractivity contribution in [1.29, 1.82) is 0 Å². The topological polar surface area (TPSA) is 93.3 Å². The largest absolute Gasteiger partial charge is 0.490 e. The molecule has 0 saturated heterocycles. The van der Waals surface area contributed by atoms with Crippen LogP contribution in [0, 0.1) is 13.8 Å². The number of aromatic nitrogens is 2. The molecule has 2 aromatic rings. The van der Waals surface area contributed by atoms with E-state index in [9.17, 15) is 9.59 Å². The van der Waals surface area contributed by atoms with Crippen molar-refractivity contribution < 1.29 is 14.3 Å². The van der Waals surface area contributed by atoms with Gasteiger partial charge in [-0.05, 0) is 38.5 Å². The summed E-state index contributed by atoms with van der Waals surface area (Å²) in [6.07, 6.45) is 0.831. The van der Waals surface area contributed by atoms with E-state index in [1.807, 2.05) is 25.1 Å². The van der Waals surface area contributed by atoms with Gasteiger partial charge < -0.3 is 19.8 Å². The van der Waals surface area contributed by atoms with E-state index in [1.54, 1.807) is 13.8 Å². The van der Waals surface area contributed by atoms with Crippen LogP contribution in [-0.2, 0) is 11.2 Å². The minimum atomic E-state index is -0.270. The number of benzene rings is 1. The van der Waals surface area contributed by atoms with E-state index in [-0.39, 0.29) is 23.9 Å². The molecule has 2 heterocycles. The minimum absolute atomic E-state index is 0.0106. The molecule has 26 heavy (non-hydrogen) atoms. The molecule has 0 saturated carbocycles. The molecule has 3 rings (SSSR count). The lowest BCUT2D eigenvalue weighted by Crippen LogP contribution is -2.31. The van der Waals surface area contributed by atoms with Crippen LogP contribution < -0.4 is 20.3 Å². The van der Waals surface area contributed by atoms with E-state index in [1.165, 1.54) is 0 Å². The first-order chi connectivity index (χ1) is 12.4. The lowest BCUT2D eigenvalue weighted by molar-refractivity contribution is -0.121. The number of nitrogens with zero attached hydrogens (tertiary/aromatic N) is 1. The lowest BCUT2D eigenvalue weighted by Gasteiger charge is -2.16. The summed E-state index contributed by atoms with van der Waals surface area (Å²) < 4.78 is 11.3. The summed E-state index contributed by atoms with van der Waals surface area (Å²) in [5.74, 6) is 1.72. The number of nitrogens with one attached hydrogen (secondary N) is 2. The molecule has 0 aliphatic carbocycles. The van der Waals surface area contributed by atoms with E-state index in [0.29, 0.717) is 36.0 Å². The SMILES string of the molecule is Cc1nc(C)c(CC(=O)N[C@@H](C)c2ccc3c(c2)OCCCO3)c(=O)[nH]1. The monoisotopic (exact) mass is 357 g/mol. The Hall–Kier alpha value is -2.83. The molecule has 7 nitrogen and oxygen atoms in total. The normalized spacial score (nSPS) is 14.4. The highest BCUT2D eigenvalue weighted by Crippen LogP contribution is 2.32. The van der Waals surface area contributed by atoms with Crippen LogP contribution in [0.4, 0.5) is 0 Å². The third kappa shape index (κ3) is 4.04. The second-order valence-electron chi connectivity index (χ2n) is 6.44. The van der Waals surface area contributed by atoms with Gasteiger partial charge in [-0.25, -0.2) is 4.98 Å². The van der Waals surface area contributed by atoms with Crippen molar-refractivity contribution in [3.8, 4) is 11.5 Å². The number of ether oxygens (including phenoxy) is 2. The Bertz CT molecular complexity index is 876. The molecule has 138 valence electrons. The first kappa shape index (κ1) is 18.0. The zero-order chi connectivity index (χ0) is 18.7. The van der Waals surface area contributed by atoms with Crippen LogP contribution in [0.25, 0.3) is 0 Å². The Labute approximate surface area is 151 Å². The fraction of sp³-hybridized carbons (Fsp3) is 0.421. The van der Waals surface area contributed by atoms with Crippen LogP contribution in [0.15, 0.2) is 23.0 Å². The number of fused-ring (bicyclic) bond motifs is 1. The van der Waals surface area contributed by atoms with Crippen molar-refractivity contribution in [2.45, 2.75) is 39.7 Å². The molecule has 0 radical (unpaired) electrons. The van der Waals surface area contributed by atoms with Gasteiger partial charge in [0.1, 0.15) is 5.82 Å². The zero-order valence-corrected chi connectivity index (χ0v) is 15.2. The Morgan fingerprint density at radius 3 is 2.73 bits per heavy atom. The van der Waals surface area contributed by atoms with E-state index >= 15 is 0 Å². The Balaban J connectivity index is 1.70. The first-order valence-electron chi connectivity index (χ1n) is 8.69. The number of H-pyrrole nitrogens is 1. The van der Waals surface area contributed by atoms with Gasteiger partial charge in [0.2, 0.25) is 5.91 Å². The van der Waals surface area contributed by atoms with Crippen molar-refractivity contribution in [1.82, 2.24) is 15.3 Å². The Morgan fingerprint density at radius 2 is 2.00 bits per heavy atom. The number of aryl methyl sites for hydroxylation is 2. The molecule has 0 bridgehead atoms. The second-order valence-corrected chi connectivity index (χ2v) is 6.44.